The molecule has 1 aliphatic carbocycles. The van der Waals surface area contributed by atoms with Crippen molar-refractivity contribution in [1.82, 2.24) is 4.90 Å². The fraction of sp³-hybridized carbons (Fsp3) is 0.550. The number of hydrogen-bond donors (Lipinski definition) is 0. The number of amides is 1. The van der Waals surface area contributed by atoms with Crippen molar-refractivity contribution in [2.45, 2.75) is 45.1 Å². The number of allylic oxidation sites excluding steroid dienone is 1. The van der Waals surface area contributed by atoms with E-state index < -0.39 is 0 Å². The van der Waals surface area contributed by atoms with Gasteiger partial charge in [0.1, 0.15) is 6.61 Å². The molecule has 130 valence electrons. The minimum atomic E-state index is -0.176. The molecule has 1 aromatic rings. The van der Waals surface area contributed by atoms with Crippen LogP contribution in [0.1, 0.15) is 44.1 Å². The Labute approximate surface area is 144 Å². The van der Waals surface area contributed by atoms with E-state index in [2.05, 4.69) is 0 Å². The highest BCUT2D eigenvalue weighted by molar-refractivity contribution is 5.67. The van der Waals surface area contributed by atoms with Gasteiger partial charge in [0.05, 0.1) is 13.4 Å². The van der Waals surface area contributed by atoms with Gasteiger partial charge in [-0.2, -0.15) is 0 Å². The summed E-state index contributed by atoms with van der Waals surface area (Å²) in [6.45, 7) is 1.99. The maximum absolute atomic E-state index is 12.3. The number of likely N-dealkylation sites (tertiary alicyclic amines) is 1. The summed E-state index contributed by atoms with van der Waals surface area (Å²) in [5.41, 5.74) is 2.87. The third-order valence-corrected chi connectivity index (χ3v) is 5.52. The SMILES string of the molecule is COC=C1CCC2(CC1)CCN(C(=O)OCc1ccccc1)CC2. The lowest BCUT2D eigenvalue weighted by molar-refractivity contribution is 0.0503. The zero-order valence-electron chi connectivity index (χ0n) is 14.5. The quantitative estimate of drug-likeness (QED) is 0.766. The molecule has 0 bridgehead atoms. The summed E-state index contributed by atoms with van der Waals surface area (Å²) >= 11 is 0. The molecule has 1 heterocycles. The van der Waals surface area contributed by atoms with E-state index in [0.29, 0.717) is 12.0 Å². The van der Waals surface area contributed by atoms with Crippen LogP contribution in [0.5, 0.6) is 0 Å². The van der Waals surface area contributed by atoms with E-state index in [4.69, 9.17) is 9.47 Å². The summed E-state index contributed by atoms with van der Waals surface area (Å²) in [4.78, 5) is 14.1. The third kappa shape index (κ3) is 4.11. The van der Waals surface area contributed by atoms with Gasteiger partial charge in [-0.3, -0.25) is 0 Å². The van der Waals surface area contributed by atoms with Crippen LogP contribution in [0.2, 0.25) is 0 Å². The Balaban J connectivity index is 1.45. The minimum Gasteiger partial charge on any atom is -0.504 e. The highest BCUT2D eigenvalue weighted by atomic mass is 16.6. The predicted molar refractivity (Wildman–Crippen MR) is 93.4 cm³/mol. The molecule has 1 spiro atoms. The molecule has 1 saturated carbocycles. The monoisotopic (exact) mass is 329 g/mol. The second-order valence-electron chi connectivity index (χ2n) is 7.04. The van der Waals surface area contributed by atoms with Gasteiger partial charge in [0.25, 0.3) is 0 Å². The van der Waals surface area contributed by atoms with E-state index in [1.165, 1.54) is 18.4 Å². The van der Waals surface area contributed by atoms with Gasteiger partial charge in [-0.1, -0.05) is 30.3 Å². The number of carbonyl (C=O) groups excluding carboxylic acids is 1. The number of hydrogen-bond acceptors (Lipinski definition) is 3. The molecule has 4 heteroatoms. The molecule has 0 aromatic heterocycles. The molecule has 0 N–H and O–H groups in total. The number of benzene rings is 1. The van der Waals surface area contributed by atoms with Crippen molar-refractivity contribution in [2.75, 3.05) is 20.2 Å². The number of nitrogens with zero attached hydrogens (tertiary/aromatic N) is 1. The molecule has 4 nitrogen and oxygen atoms in total. The van der Waals surface area contributed by atoms with Crippen molar-refractivity contribution < 1.29 is 14.3 Å². The van der Waals surface area contributed by atoms with Crippen molar-refractivity contribution in [3.63, 3.8) is 0 Å². The molecule has 0 radical (unpaired) electrons. The maximum atomic E-state index is 12.3. The third-order valence-electron chi connectivity index (χ3n) is 5.52. The molecule has 1 aliphatic heterocycles. The lowest BCUT2D eigenvalue weighted by Crippen LogP contribution is -2.44. The Kier molecular flexibility index (Phi) is 5.44. The molecule has 1 saturated heterocycles. The van der Waals surface area contributed by atoms with Gasteiger partial charge in [-0.25, -0.2) is 4.79 Å². The zero-order valence-corrected chi connectivity index (χ0v) is 14.5. The standard InChI is InChI=1S/C20H27NO3/c1-23-15-18-7-9-20(10-8-18)11-13-21(14-12-20)19(22)24-16-17-5-3-2-4-6-17/h2-6,15H,7-14,16H2,1H3. The molecule has 24 heavy (non-hydrogen) atoms. The lowest BCUT2D eigenvalue weighted by Gasteiger charge is -2.44. The van der Waals surface area contributed by atoms with Gasteiger partial charge in [0, 0.05) is 13.1 Å². The Hall–Kier alpha value is -1.97. The second kappa shape index (κ2) is 7.73. The van der Waals surface area contributed by atoms with E-state index in [0.717, 1.165) is 44.3 Å². The first-order chi connectivity index (χ1) is 11.7. The first-order valence-corrected chi connectivity index (χ1v) is 8.87. The number of ether oxygens (including phenoxy) is 2. The highest BCUT2D eigenvalue weighted by Gasteiger charge is 2.38. The Bertz CT molecular complexity index is 562. The number of methoxy groups -OCH3 is 1. The van der Waals surface area contributed by atoms with Crippen LogP contribution < -0.4 is 0 Å². The Morgan fingerprint density at radius 1 is 1.12 bits per heavy atom. The summed E-state index contributed by atoms with van der Waals surface area (Å²) in [5, 5.41) is 0. The van der Waals surface area contributed by atoms with E-state index >= 15 is 0 Å². The molecule has 0 unspecified atom stereocenters. The summed E-state index contributed by atoms with van der Waals surface area (Å²) in [6.07, 6.45) is 8.61. The molecular weight excluding hydrogens is 302 g/mol. The van der Waals surface area contributed by atoms with Crippen LogP contribution >= 0.6 is 0 Å². The van der Waals surface area contributed by atoms with Crippen LogP contribution in [0.4, 0.5) is 4.79 Å². The second-order valence-corrected chi connectivity index (χ2v) is 7.04. The molecule has 2 fully saturated rings. The lowest BCUT2D eigenvalue weighted by atomic mass is 9.67. The van der Waals surface area contributed by atoms with E-state index in [1.54, 1.807) is 7.11 Å². The topological polar surface area (TPSA) is 38.8 Å². The molecule has 3 rings (SSSR count). The van der Waals surface area contributed by atoms with Gasteiger partial charge in [0.2, 0.25) is 0 Å². The summed E-state index contributed by atoms with van der Waals surface area (Å²) in [6, 6.07) is 9.84. The van der Waals surface area contributed by atoms with Crippen molar-refractivity contribution in [3.05, 3.63) is 47.7 Å². The van der Waals surface area contributed by atoms with E-state index in [-0.39, 0.29) is 6.09 Å². The molecule has 0 atom stereocenters. The fourth-order valence-corrected chi connectivity index (χ4v) is 3.86. The van der Waals surface area contributed by atoms with Gasteiger partial charge >= 0.3 is 6.09 Å². The fourth-order valence-electron chi connectivity index (χ4n) is 3.86. The van der Waals surface area contributed by atoms with Gasteiger partial charge in [-0.15, -0.1) is 0 Å². The molecule has 1 amide bonds. The average Bonchev–Trinajstić information content (AvgIpc) is 2.64. The van der Waals surface area contributed by atoms with Crippen LogP contribution in [0.3, 0.4) is 0 Å². The largest absolute Gasteiger partial charge is 0.504 e. The van der Waals surface area contributed by atoms with Crippen LogP contribution in [0, 0.1) is 5.41 Å². The summed E-state index contributed by atoms with van der Waals surface area (Å²) in [7, 11) is 1.72. The Morgan fingerprint density at radius 3 is 2.42 bits per heavy atom. The van der Waals surface area contributed by atoms with Crippen molar-refractivity contribution in [1.29, 1.82) is 0 Å². The maximum Gasteiger partial charge on any atom is 0.410 e. The van der Waals surface area contributed by atoms with Gasteiger partial charge in [-0.05, 0) is 55.1 Å². The first-order valence-electron chi connectivity index (χ1n) is 8.87. The number of piperidine rings is 1. The average molecular weight is 329 g/mol. The zero-order chi connectivity index (χ0) is 16.8. The predicted octanol–water partition coefficient (Wildman–Crippen LogP) is 4.51. The van der Waals surface area contributed by atoms with Gasteiger partial charge < -0.3 is 14.4 Å². The van der Waals surface area contributed by atoms with E-state index in [1.807, 2.05) is 41.5 Å². The van der Waals surface area contributed by atoms with E-state index in [9.17, 15) is 4.79 Å². The Morgan fingerprint density at radius 2 is 1.79 bits per heavy atom. The van der Waals surface area contributed by atoms with Crippen molar-refractivity contribution in [2.24, 2.45) is 5.41 Å². The summed E-state index contributed by atoms with van der Waals surface area (Å²) < 4.78 is 10.6. The summed E-state index contributed by atoms with van der Waals surface area (Å²) in [5.74, 6) is 0. The minimum absolute atomic E-state index is 0.176. The molecule has 2 aliphatic rings. The van der Waals surface area contributed by atoms with Crippen LogP contribution in [-0.2, 0) is 16.1 Å². The molecule has 1 aromatic carbocycles. The molecular formula is C20H27NO3. The van der Waals surface area contributed by atoms with Crippen LogP contribution in [0.15, 0.2) is 42.2 Å². The van der Waals surface area contributed by atoms with Crippen molar-refractivity contribution >= 4 is 6.09 Å². The highest BCUT2D eigenvalue weighted by Crippen LogP contribution is 2.46. The van der Waals surface area contributed by atoms with Crippen LogP contribution in [0.25, 0.3) is 0 Å². The number of carbonyl (C=O) groups is 1. The first kappa shape index (κ1) is 16.9. The normalized spacial score (nSPS) is 19.9. The van der Waals surface area contributed by atoms with Gasteiger partial charge in [0.15, 0.2) is 0 Å². The smallest absolute Gasteiger partial charge is 0.410 e. The number of rotatable bonds is 3. The van der Waals surface area contributed by atoms with Crippen LogP contribution in [-0.4, -0.2) is 31.2 Å². The van der Waals surface area contributed by atoms with Crippen molar-refractivity contribution in [3.8, 4) is 0 Å².